The Morgan fingerprint density at radius 2 is 0.494 bits per heavy atom. The lowest BCUT2D eigenvalue weighted by molar-refractivity contribution is 0.414. The highest BCUT2D eigenvalue weighted by molar-refractivity contribution is 6.12. The maximum atomic E-state index is 5.68. The second kappa shape index (κ2) is 24.5. The molecule has 1 N–H and O–H groups in total. The molecule has 0 fully saturated rings. The molecule has 13 aromatic rings. The quantitative estimate of drug-likeness (QED) is 0.0852. The van der Waals surface area contributed by atoms with Gasteiger partial charge in [-0.3, -0.25) is 0 Å². The molecule has 10 heteroatoms. The zero-order chi connectivity index (χ0) is 59.2. The van der Waals surface area contributed by atoms with Crippen LogP contribution in [0.15, 0.2) is 285 Å². The van der Waals surface area contributed by atoms with Crippen LogP contribution in [0.2, 0.25) is 0 Å². The highest BCUT2D eigenvalue weighted by atomic mass is 16.5. The summed E-state index contributed by atoms with van der Waals surface area (Å²) in [5.74, 6) is 4.00. The summed E-state index contributed by atoms with van der Waals surface area (Å²) in [6.07, 6.45) is 0. The average molecular weight is 1140 g/mol. The lowest BCUT2D eigenvalue weighted by atomic mass is 10.0. The summed E-state index contributed by atoms with van der Waals surface area (Å²) >= 11 is 0. The Bertz CT molecular complexity index is 4400. The third kappa shape index (κ3) is 11.3. The molecule has 12 aromatic carbocycles. The Hall–Kier alpha value is -11.4. The van der Waals surface area contributed by atoms with Crippen molar-refractivity contribution in [2.75, 3.05) is 55.6 Å². The third-order valence-electron chi connectivity index (χ3n) is 15.9. The standard InChI is InChI=1S/C77H63N5O5/c1-83-69-39-21-58(22-40-69)78-57-19-11-53(12-20-57)54-15-25-61(26-16-54)80(65-33-45-72(86-4)46-34-65)67-37-49-76-74(51-67)75-52-68(38-50-77(75)82(76)59-9-7-6-8-10-59)81(66-35-47-73(87-5)48-36-66)62-27-17-56(18-28-62)55-13-23-60(24-14-55)79(63-29-41-70(84-2)42-30-63)64-31-43-71(85-3)44-32-64/h6-52,78H,1-5H3. The molecule has 13 rings (SSSR count). The highest BCUT2D eigenvalue weighted by Gasteiger charge is 2.22. The number of benzene rings is 12. The first-order valence-electron chi connectivity index (χ1n) is 28.8. The summed E-state index contributed by atoms with van der Waals surface area (Å²) in [6.45, 7) is 0. The molecule has 0 bridgehead atoms. The zero-order valence-electron chi connectivity index (χ0n) is 49.0. The van der Waals surface area contributed by atoms with Gasteiger partial charge in [-0.15, -0.1) is 0 Å². The molecular weight excluding hydrogens is 1070 g/mol. The van der Waals surface area contributed by atoms with Gasteiger partial charge in [0.1, 0.15) is 28.7 Å². The first-order chi connectivity index (χ1) is 42.8. The lowest BCUT2D eigenvalue weighted by Gasteiger charge is -2.27. The maximum absolute atomic E-state index is 5.68. The van der Waals surface area contributed by atoms with Crippen molar-refractivity contribution < 1.29 is 23.7 Å². The van der Waals surface area contributed by atoms with E-state index in [9.17, 15) is 0 Å². The van der Waals surface area contributed by atoms with Crippen molar-refractivity contribution in [2.45, 2.75) is 0 Å². The first kappa shape index (κ1) is 54.9. The van der Waals surface area contributed by atoms with E-state index in [1.54, 1.807) is 35.5 Å². The van der Waals surface area contributed by atoms with Crippen molar-refractivity contribution in [1.82, 2.24) is 4.57 Å². The van der Waals surface area contributed by atoms with Crippen LogP contribution < -0.4 is 43.7 Å². The highest BCUT2D eigenvalue weighted by Crippen LogP contribution is 2.45. The second-order valence-electron chi connectivity index (χ2n) is 20.9. The van der Waals surface area contributed by atoms with Crippen molar-refractivity contribution in [1.29, 1.82) is 0 Å². The smallest absolute Gasteiger partial charge is 0.119 e. The Morgan fingerprint density at radius 3 is 0.793 bits per heavy atom. The number of aromatic nitrogens is 1. The molecule has 0 amide bonds. The van der Waals surface area contributed by atoms with E-state index in [0.717, 1.165) is 141 Å². The largest absolute Gasteiger partial charge is 0.497 e. The van der Waals surface area contributed by atoms with E-state index in [-0.39, 0.29) is 0 Å². The Labute approximate surface area is 507 Å². The van der Waals surface area contributed by atoms with Crippen LogP contribution in [0.25, 0.3) is 49.7 Å². The molecule has 0 radical (unpaired) electrons. The lowest BCUT2D eigenvalue weighted by Crippen LogP contribution is -2.10. The van der Waals surface area contributed by atoms with Crippen LogP contribution >= 0.6 is 0 Å². The fraction of sp³-hybridized carbons (Fsp3) is 0.0649. The molecule has 0 aliphatic carbocycles. The van der Waals surface area contributed by atoms with Gasteiger partial charge in [-0.05, 0) is 241 Å². The third-order valence-corrected chi connectivity index (χ3v) is 15.9. The van der Waals surface area contributed by atoms with Gasteiger partial charge >= 0.3 is 0 Å². The molecule has 0 saturated carbocycles. The summed E-state index contributed by atoms with van der Waals surface area (Å²) in [7, 11) is 8.45. The number of hydrogen-bond acceptors (Lipinski definition) is 9. The van der Waals surface area contributed by atoms with Gasteiger partial charge < -0.3 is 48.3 Å². The van der Waals surface area contributed by atoms with Gasteiger partial charge in [-0.2, -0.15) is 0 Å². The minimum absolute atomic E-state index is 0.785. The van der Waals surface area contributed by atoms with Crippen molar-refractivity contribution in [3.63, 3.8) is 0 Å². The van der Waals surface area contributed by atoms with Crippen LogP contribution in [0, 0.1) is 0 Å². The summed E-state index contributed by atoms with van der Waals surface area (Å²) in [4.78, 5) is 6.86. The van der Waals surface area contributed by atoms with Crippen LogP contribution in [0.4, 0.5) is 62.6 Å². The fourth-order valence-electron chi connectivity index (χ4n) is 11.4. The fourth-order valence-corrected chi connectivity index (χ4v) is 11.4. The van der Waals surface area contributed by atoms with E-state index < -0.39 is 0 Å². The maximum Gasteiger partial charge on any atom is 0.119 e. The molecule has 1 heterocycles. The van der Waals surface area contributed by atoms with Crippen LogP contribution in [0.3, 0.4) is 0 Å². The van der Waals surface area contributed by atoms with Gasteiger partial charge in [0.2, 0.25) is 0 Å². The van der Waals surface area contributed by atoms with E-state index in [4.69, 9.17) is 23.7 Å². The van der Waals surface area contributed by atoms with Crippen molar-refractivity contribution in [3.05, 3.63) is 285 Å². The average Bonchev–Trinajstić information content (AvgIpc) is 1.89. The number of para-hydroxylation sites is 1. The predicted octanol–water partition coefficient (Wildman–Crippen LogP) is 20.3. The number of anilines is 11. The van der Waals surface area contributed by atoms with E-state index in [1.165, 1.54) is 0 Å². The molecule has 0 aliphatic rings. The minimum Gasteiger partial charge on any atom is -0.497 e. The normalized spacial score (nSPS) is 11.0. The van der Waals surface area contributed by atoms with Crippen LogP contribution in [-0.4, -0.2) is 40.1 Å². The SMILES string of the molecule is COc1ccc(Nc2ccc(-c3ccc(N(c4ccc(OC)cc4)c4ccc5c(c4)c4cc(N(c6ccc(OC)cc6)c6ccc(-c7ccc(N(c8ccc(OC)cc8)c8ccc(OC)cc8)cc7)cc6)ccc4n5-c4ccccc4)cc3)cc2)cc1. The van der Waals surface area contributed by atoms with Gasteiger partial charge in [-0.1, -0.05) is 66.7 Å². The molecule has 426 valence electrons. The summed E-state index contributed by atoms with van der Waals surface area (Å²) in [5, 5.41) is 5.72. The number of nitrogens with zero attached hydrogens (tertiary/aromatic N) is 4. The van der Waals surface area contributed by atoms with Gasteiger partial charge in [-0.25, -0.2) is 0 Å². The van der Waals surface area contributed by atoms with Gasteiger partial charge in [0.15, 0.2) is 0 Å². The van der Waals surface area contributed by atoms with Crippen LogP contribution in [0.1, 0.15) is 0 Å². The number of methoxy groups -OCH3 is 5. The Kier molecular flexibility index (Phi) is 15.4. The predicted molar refractivity (Wildman–Crippen MR) is 358 cm³/mol. The van der Waals surface area contributed by atoms with E-state index >= 15 is 0 Å². The molecule has 0 unspecified atom stereocenters. The number of hydrogen-bond donors (Lipinski definition) is 1. The van der Waals surface area contributed by atoms with E-state index in [1.807, 2.05) is 72.8 Å². The number of fused-ring (bicyclic) bond motifs is 3. The molecular formula is C77H63N5O5. The summed E-state index contributed by atoms with van der Waals surface area (Å²) < 4.78 is 30.1. The molecule has 87 heavy (non-hydrogen) atoms. The Morgan fingerprint density at radius 1 is 0.253 bits per heavy atom. The van der Waals surface area contributed by atoms with Gasteiger partial charge in [0.05, 0.1) is 46.6 Å². The first-order valence-corrected chi connectivity index (χ1v) is 28.8. The summed E-state index contributed by atoms with van der Waals surface area (Å²) in [6, 6.07) is 99.8. The topological polar surface area (TPSA) is 72.8 Å². The van der Waals surface area contributed by atoms with E-state index in [0.29, 0.717) is 0 Å². The number of nitrogens with one attached hydrogen (secondary N) is 1. The number of ether oxygens (including phenoxy) is 5. The monoisotopic (exact) mass is 1140 g/mol. The van der Waals surface area contributed by atoms with Crippen molar-refractivity contribution >= 4 is 84.4 Å². The van der Waals surface area contributed by atoms with Gasteiger partial charge in [0.25, 0.3) is 0 Å². The minimum atomic E-state index is 0.785. The Balaban J connectivity index is 0.869. The second-order valence-corrected chi connectivity index (χ2v) is 20.9. The van der Waals surface area contributed by atoms with Crippen molar-refractivity contribution in [3.8, 4) is 56.7 Å². The molecule has 1 aromatic heterocycles. The zero-order valence-corrected chi connectivity index (χ0v) is 49.0. The van der Waals surface area contributed by atoms with Crippen molar-refractivity contribution in [2.24, 2.45) is 0 Å². The molecule has 0 saturated heterocycles. The van der Waals surface area contributed by atoms with Crippen LogP contribution in [-0.2, 0) is 0 Å². The van der Waals surface area contributed by atoms with E-state index in [2.05, 4.69) is 237 Å². The molecule has 10 nitrogen and oxygen atoms in total. The molecule has 0 atom stereocenters. The summed E-state index contributed by atoms with van der Waals surface area (Å²) in [5.41, 5.74) is 18.8. The van der Waals surface area contributed by atoms with Gasteiger partial charge in [0, 0.05) is 79.0 Å². The molecule has 0 aliphatic heterocycles. The molecule has 0 spiro atoms. The number of rotatable bonds is 19. The van der Waals surface area contributed by atoms with Crippen LogP contribution in [0.5, 0.6) is 28.7 Å².